The molecule has 1 atom stereocenters. The summed E-state index contributed by atoms with van der Waals surface area (Å²) in [7, 11) is 0. The molecule has 0 aliphatic carbocycles. The summed E-state index contributed by atoms with van der Waals surface area (Å²) in [5.41, 5.74) is 0.650. The highest BCUT2D eigenvalue weighted by atomic mass is 16.6. The van der Waals surface area contributed by atoms with Crippen LogP contribution in [0, 0.1) is 0 Å². The van der Waals surface area contributed by atoms with Gasteiger partial charge in [-0.3, -0.25) is 9.59 Å². The van der Waals surface area contributed by atoms with Crippen LogP contribution in [0.15, 0.2) is 121 Å². The molecule has 3 N–H and O–H groups in total. The summed E-state index contributed by atoms with van der Waals surface area (Å²) >= 11 is 0. The zero-order chi connectivity index (χ0) is 31.4. The van der Waals surface area contributed by atoms with Crippen LogP contribution in [0.2, 0.25) is 0 Å². The molecule has 8 nitrogen and oxygen atoms in total. The van der Waals surface area contributed by atoms with Crippen molar-refractivity contribution in [3.05, 3.63) is 138 Å². The van der Waals surface area contributed by atoms with Gasteiger partial charge in [-0.05, 0) is 49.6 Å². The SMILES string of the molecule is CC(C)(C)OC(=O)N[C@H](CC(=O)NC(c1ccccc1)(c1ccccc1)c1ccccc1)C(=O)NCCOc1ccccc1. The first-order chi connectivity index (χ1) is 21.2. The Hall–Kier alpha value is -5.11. The molecule has 0 fully saturated rings. The van der Waals surface area contributed by atoms with Crippen LogP contribution in [0.1, 0.15) is 43.9 Å². The van der Waals surface area contributed by atoms with Crippen LogP contribution in [0.5, 0.6) is 5.75 Å². The second-order valence-corrected chi connectivity index (χ2v) is 11.3. The third-order valence-electron chi connectivity index (χ3n) is 6.76. The van der Waals surface area contributed by atoms with Crippen molar-refractivity contribution in [2.45, 2.75) is 44.4 Å². The van der Waals surface area contributed by atoms with Crippen molar-refractivity contribution in [1.29, 1.82) is 0 Å². The van der Waals surface area contributed by atoms with E-state index in [4.69, 9.17) is 9.47 Å². The van der Waals surface area contributed by atoms with E-state index in [1.165, 1.54) is 0 Å². The van der Waals surface area contributed by atoms with Crippen molar-refractivity contribution in [1.82, 2.24) is 16.0 Å². The van der Waals surface area contributed by atoms with Crippen molar-refractivity contribution >= 4 is 17.9 Å². The van der Waals surface area contributed by atoms with Crippen LogP contribution in [-0.4, -0.2) is 42.7 Å². The van der Waals surface area contributed by atoms with Gasteiger partial charge in [-0.15, -0.1) is 0 Å². The predicted molar refractivity (Wildman–Crippen MR) is 170 cm³/mol. The molecule has 3 amide bonds. The highest BCUT2D eigenvalue weighted by Gasteiger charge is 2.39. The quantitative estimate of drug-likeness (QED) is 0.147. The molecule has 0 saturated heterocycles. The number of amides is 3. The standard InChI is InChI=1S/C36H39N3O5/c1-35(2,3)44-34(42)38-31(33(41)37-24-25-43-30-22-14-7-15-23-30)26-32(40)39-36(27-16-8-4-9-17-27,28-18-10-5-11-19-28)29-20-12-6-13-21-29/h4-23,31H,24-26H2,1-3H3,(H,37,41)(H,38,42)(H,39,40)/t31-/m1/s1. The predicted octanol–water partition coefficient (Wildman–Crippen LogP) is 5.57. The maximum Gasteiger partial charge on any atom is 0.408 e. The lowest BCUT2D eigenvalue weighted by atomic mass is 9.77. The van der Waals surface area contributed by atoms with Gasteiger partial charge in [0.25, 0.3) is 0 Å². The van der Waals surface area contributed by atoms with E-state index < -0.39 is 35.1 Å². The molecule has 0 saturated carbocycles. The number of alkyl carbamates (subject to hydrolysis) is 1. The maximum atomic E-state index is 14.0. The fraction of sp³-hybridized carbons (Fsp3) is 0.250. The monoisotopic (exact) mass is 593 g/mol. The molecule has 0 spiro atoms. The molecule has 8 heteroatoms. The van der Waals surface area contributed by atoms with Crippen molar-refractivity contribution in [3.63, 3.8) is 0 Å². The Morgan fingerprint density at radius 1 is 0.682 bits per heavy atom. The van der Waals surface area contributed by atoms with Gasteiger partial charge in [0.15, 0.2) is 0 Å². The third-order valence-corrected chi connectivity index (χ3v) is 6.76. The van der Waals surface area contributed by atoms with Crippen LogP contribution in [0.3, 0.4) is 0 Å². The number of hydrogen-bond acceptors (Lipinski definition) is 5. The summed E-state index contributed by atoms with van der Waals surface area (Å²) in [5, 5.41) is 8.60. The molecular formula is C36H39N3O5. The summed E-state index contributed by atoms with van der Waals surface area (Å²) in [6, 6.07) is 37.0. The molecule has 0 aliphatic heterocycles. The molecule has 0 bridgehead atoms. The average molecular weight is 594 g/mol. The van der Waals surface area contributed by atoms with E-state index in [1.807, 2.05) is 121 Å². The first-order valence-corrected chi connectivity index (χ1v) is 14.6. The second-order valence-electron chi connectivity index (χ2n) is 11.3. The Bertz CT molecular complexity index is 1390. The van der Waals surface area contributed by atoms with Gasteiger partial charge in [0.1, 0.15) is 29.5 Å². The highest BCUT2D eigenvalue weighted by Crippen LogP contribution is 2.36. The number of ether oxygens (including phenoxy) is 2. The Morgan fingerprint density at radius 2 is 1.14 bits per heavy atom. The maximum absolute atomic E-state index is 14.0. The summed E-state index contributed by atoms with van der Waals surface area (Å²) in [6.45, 7) is 5.56. The highest BCUT2D eigenvalue weighted by molar-refractivity contribution is 5.91. The van der Waals surface area contributed by atoms with Crippen molar-refractivity contribution in [2.24, 2.45) is 0 Å². The van der Waals surface area contributed by atoms with E-state index in [9.17, 15) is 14.4 Å². The number of hydrogen-bond donors (Lipinski definition) is 3. The molecule has 44 heavy (non-hydrogen) atoms. The van der Waals surface area contributed by atoms with Gasteiger partial charge in [0.05, 0.1) is 13.0 Å². The van der Waals surface area contributed by atoms with Gasteiger partial charge in [0, 0.05) is 0 Å². The number of benzene rings is 4. The Balaban J connectivity index is 1.59. The average Bonchev–Trinajstić information content (AvgIpc) is 3.02. The van der Waals surface area contributed by atoms with Gasteiger partial charge < -0.3 is 25.4 Å². The van der Waals surface area contributed by atoms with E-state index in [0.717, 1.165) is 16.7 Å². The van der Waals surface area contributed by atoms with Crippen molar-refractivity contribution in [2.75, 3.05) is 13.2 Å². The van der Waals surface area contributed by atoms with Gasteiger partial charge in [-0.25, -0.2) is 4.79 Å². The molecule has 0 heterocycles. The molecular weight excluding hydrogens is 554 g/mol. The van der Waals surface area contributed by atoms with E-state index in [-0.39, 0.29) is 19.6 Å². The summed E-state index contributed by atoms with van der Waals surface area (Å²) in [6.07, 6.45) is -1.13. The molecule has 0 unspecified atom stereocenters. The normalized spacial score (nSPS) is 12.0. The number of para-hydroxylation sites is 1. The molecule has 228 valence electrons. The molecule has 4 aromatic carbocycles. The zero-order valence-corrected chi connectivity index (χ0v) is 25.3. The van der Waals surface area contributed by atoms with Gasteiger partial charge in [0.2, 0.25) is 11.8 Å². The molecule has 0 aliphatic rings. The first kappa shape index (κ1) is 31.8. The fourth-order valence-corrected chi connectivity index (χ4v) is 4.87. The minimum atomic E-state index is -1.21. The van der Waals surface area contributed by atoms with E-state index in [0.29, 0.717) is 5.75 Å². The minimum absolute atomic E-state index is 0.170. The molecule has 4 aromatic rings. The number of rotatable bonds is 12. The second kappa shape index (κ2) is 14.9. The zero-order valence-electron chi connectivity index (χ0n) is 25.3. The molecule has 0 aromatic heterocycles. The molecule has 0 radical (unpaired) electrons. The summed E-state index contributed by atoms with van der Waals surface area (Å²) < 4.78 is 11.1. The fourth-order valence-electron chi connectivity index (χ4n) is 4.87. The van der Waals surface area contributed by atoms with Crippen molar-refractivity contribution < 1.29 is 23.9 Å². The van der Waals surface area contributed by atoms with Crippen LogP contribution in [0.25, 0.3) is 0 Å². The van der Waals surface area contributed by atoms with E-state index >= 15 is 0 Å². The van der Waals surface area contributed by atoms with E-state index in [2.05, 4.69) is 16.0 Å². The van der Waals surface area contributed by atoms with Gasteiger partial charge in [-0.2, -0.15) is 0 Å². The largest absolute Gasteiger partial charge is 0.492 e. The lowest BCUT2D eigenvalue weighted by molar-refractivity contribution is -0.129. The number of carbonyl (C=O) groups is 3. The van der Waals surface area contributed by atoms with Gasteiger partial charge >= 0.3 is 6.09 Å². The summed E-state index contributed by atoms with van der Waals surface area (Å²) in [4.78, 5) is 40.1. The smallest absolute Gasteiger partial charge is 0.408 e. The molecule has 4 rings (SSSR count). The Labute approximate surface area is 258 Å². The van der Waals surface area contributed by atoms with Gasteiger partial charge in [-0.1, -0.05) is 109 Å². The minimum Gasteiger partial charge on any atom is -0.492 e. The van der Waals surface area contributed by atoms with Crippen LogP contribution < -0.4 is 20.7 Å². The lowest BCUT2D eigenvalue weighted by Crippen LogP contribution is -2.53. The van der Waals surface area contributed by atoms with Crippen LogP contribution >= 0.6 is 0 Å². The summed E-state index contributed by atoms with van der Waals surface area (Å²) in [5.74, 6) is -0.311. The van der Waals surface area contributed by atoms with Crippen molar-refractivity contribution in [3.8, 4) is 5.75 Å². The first-order valence-electron chi connectivity index (χ1n) is 14.6. The lowest BCUT2D eigenvalue weighted by Gasteiger charge is -2.37. The Morgan fingerprint density at radius 3 is 1.59 bits per heavy atom. The topological polar surface area (TPSA) is 106 Å². The van der Waals surface area contributed by atoms with E-state index in [1.54, 1.807) is 20.8 Å². The number of carbonyl (C=O) groups excluding carboxylic acids is 3. The third kappa shape index (κ3) is 8.70. The van der Waals surface area contributed by atoms with Crippen LogP contribution in [-0.2, 0) is 19.9 Å². The van der Waals surface area contributed by atoms with Crippen LogP contribution in [0.4, 0.5) is 4.79 Å². The Kier molecular flexibility index (Phi) is 10.8. The number of nitrogens with one attached hydrogen (secondary N) is 3.